The van der Waals surface area contributed by atoms with Gasteiger partial charge in [0, 0.05) is 14.1 Å². The Morgan fingerprint density at radius 3 is 2.40 bits per heavy atom. The van der Waals surface area contributed by atoms with Crippen LogP contribution in [0.4, 0.5) is 0 Å². The van der Waals surface area contributed by atoms with Gasteiger partial charge in [0.15, 0.2) is 5.84 Å². The van der Waals surface area contributed by atoms with E-state index in [4.69, 9.17) is 4.74 Å². The summed E-state index contributed by atoms with van der Waals surface area (Å²) in [7, 11) is 5.21. The molecule has 15 heavy (non-hydrogen) atoms. The average molecular weight is 211 g/mol. The molecule has 0 aliphatic heterocycles. The molecule has 86 valence electrons. The highest BCUT2D eigenvalue weighted by Gasteiger charge is 2.15. The van der Waals surface area contributed by atoms with Crippen molar-refractivity contribution in [3.63, 3.8) is 0 Å². The highest BCUT2D eigenvalue weighted by molar-refractivity contribution is 6.37. The monoisotopic (exact) mass is 211 g/mol. The van der Waals surface area contributed by atoms with Crippen LogP contribution in [-0.2, 0) is 4.74 Å². The average Bonchev–Trinajstić information content (AvgIpc) is 2.30. The molecule has 0 saturated heterocycles. The Kier molecular flexibility index (Phi) is 5.15. The van der Waals surface area contributed by atoms with Gasteiger partial charge in [-0.05, 0) is 12.8 Å². The van der Waals surface area contributed by atoms with Gasteiger partial charge in [0.05, 0.1) is 13.2 Å². The van der Waals surface area contributed by atoms with E-state index in [9.17, 15) is 0 Å². The van der Waals surface area contributed by atoms with Crippen LogP contribution in [0.15, 0.2) is 9.98 Å². The van der Waals surface area contributed by atoms with Crippen LogP contribution in [0.3, 0.4) is 0 Å². The van der Waals surface area contributed by atoms with Crippen molar-refractivity contribution in [2.24, 2.45) is 9.98 Å². The van der Waals surface area contributed by atoms with Gasteiger partial charge in [-0.3, -0.25) is 4.99 Å². The van der Waals surface area contributed by atoms with E-state index in [0.29, 0.717) is 11.9 Å². The Morgan fingerprint density at radius 1 is 1.27 bits per heavy atom. The minimum absolute atomic E-state index is 0.416. The van der Waals surface area contributed by atoms with Crippen LogP contribution < -0.4 is 5.32 Å². The SMILES string of the molecule is C/N=C(NC)\C(=N\C1CCCCC1)OC. The van der Waals surface area contributed by atoms with Crippen LogP contribution in [0.1, 0.15) is 32.1 Å². The van der Waals surface area contributed by atoms with Gasteiger partial charge >= 0.3 is 0 Å². The number of hydrogen-bond donors (Lipinski definition) is 1. The van der Waals surface area contributed by atoms with E-state index in [2.05, 4.69) is 15.3 Å². The van der Waals surface area contributed by atoms with E-state index >= 15 is 0 Å². The molecule has 1 aliphatic carbocycles. The number of nitrogens with zero attached hydrogens (tertiary/aromatic N) is 2. The fourth-order valence-electron chi connectivity index (χ4n) is 1.90. The second-order valence-corrected chi connectivity index (χ2v) is 3.75. The number of aliphatic imine (C=N–C) groups is 2. The van der Waals surface area contributed by atoms with Crippen LogP contribution >= 0.6 is 0 Å². The number of likely N-dealkylation sites (N-methyl/N-ethyl adjacent to an activating group) is 1. The van der Waals surface area contributed by atoms with Crippen molar-refractivity contribution in [3.05, 3.63) is 0 Å². The zero-order valence-corrected chi connectivity index (χ0v) is 9.92. The topological polar surface area (TPSA) is 46.0 Å². The molecule has 0 atom stereocenters. The van der Waals surface area contributed by atoms with Crippen molar-refractivity contribution in [2.45, 2.75) is 38.1 Å². The van der Waals surface area contributed by atoms with E-state index < -0.39 is 0 Å². The molecular weight excluding hydrogens is 190 g/mol. The number of nitrogens with one attached hydrogen (secondary N) is 1. The zero-order chi connectivity index (χ0) is 11.1. The molecule has 1 fully saturated rings. The van der Waals surface area contributed by atoms with Crippen molar-refractivity contribution >= 4 is 11.7 Å². The molecule has 0 radical (unpaired) electrons. The molecule has 1 aliphatic rings. The maximum Gasteiger partial charge on any atom is 0.252 e. The highest BCUT2D eigenvalue weighted by atomic mass is 16.5. The quantitative estimate of drug-likeness (QED) is 0.529. The van der Waals surface area contributed by atoms with Crippen LogP contribution in [-0.4, -0.2) is 39.0 Å². The van der Waals surface area contributed by atoms with E-state index in [1.165, 1.54) is 32.1 Å². The van der Waals surface area contributed by atoms with E-state index in [1.807, 2.05) is 7.05 Å². The molecule has 4 nitrogen and oxygen atoms in total. The Bertz CT molecular complexity index is 242. The van der Waals surface area contributed by atoms with Crippen molar-refractivity contribution in [1.82, 2.24) is 5.32 Å². The lowest BCUT2D eigenvalue weighted by atomic mass is 9.96. The maximum absolute atomic E-state index is 5.25. The van der Waals surface area contributed by atoms with Gasteiger partial charge in [-0.1, -0.05) is 19.3 Å². The molecule has 0 aromatic carbocycles. The maximum atomic E-state index is 5.25. The van der Waals surface area contributed by atoms with Crippen LogP contribution in [0, 0.1) is 0 Å². The first kappa shape index (κ1) is 12.0. The standard InChI is InChI=1S/C11H21N3O/c1-12-10(13-2)11(15-3)14-9-7-5-4-6-8-9/h9H,4-8H2,1-3H3,(H,12,13)/b14-11-. The van der Waals surface area contributed by atoms with E-state index in [-0.39, 0.29) is 0 Å². The zero-order valence-electron chi connectivity index (χ0n) is 9.92. The summed E-state index contributed by atoms with van der Waals surface area (Å²) in [6, 6.07) is 0.416. The highest BCUT2D eigenvalue weighted by Crippen LogP contribution is 2.20. The van der Waals surface area contributed by atoms with Crippen LogP contribution in [0.25, 0.3) is 0 Å². The third kappa shape index (κ3) is 3.53. The normalized spacial score (nSPS) is 20.2. The Balaban J connectivity index is 2.66. The molecule has 4 heteroatoms. The third-order valence-corrected chi connectivity index (χ3v) is 2.73. The van der Waals surface area contributed by atoms with Crippen molar-refractivity contribution in [2.75, 3.05) is 21.2 Å². The smallest absolute Gasteiger partial charge is 0.252 e. The summed E-state index contributed by atoms with van der Waals surface area (Å²) in [5, 5.41) is 2.99. The second kappa shape index (κ2) is 6.43. The van der Waals surface area contributed by atoms with Crippen LogP contribution in [0.2, 0.25) is 0 Å². The molecule has 0 aromatic heterocycles. The number of hydrogen-bond acceptors (Lipinski definition) is 3. The number of rotatable bonds is 1. The molecule has 0 unspecified atom stereocenters. The summed E-state index contributed by atoms with van der Waals surface area (Å²) in [6.07, 6.45) is 6.25. The van der Waals surface area contributed by atoms with Crippen molar-refractivity contribution in [3.8, 4) is 0 Å². The van der Waals surface area contributed by atoms with Gasteiger partial charge in [0.2, 0.25) is 0 Å². The van der Waals surface area contributed by atoms with Crippen LogP contribution in [0.5, 0.6) is 0 Å². The van der Waals surface area contributed by atoms with E-state index in [0.717, 1.165) is 5.84 Å². The van der Waals surface area contributed by atoms with Gasteiger partial charge in [0.1, 0.15) is 0 Å². The molecule has 1 saturated carbocycles. The minimum atomic E-state index is 0.416. The lowest BCUT2D eigenvalue weighted by Gasteiger charge is -2.19. The lowest BCUT2D eigenvalue weighted by Crippen LogP contribution is -2.30. The van der Waals surface area contributed by atoms with Gasteiger partial charge in [-0.25, -0.2) is 4.99 Å². The summed E-state index contributed by atoms with van der Waals surface area (Å²) < 4.78 is 5.25. The molecule has 0 aromatic rings. The number of ether oxygens (including phenoxy) is 1. The second-order valence-electron chi connectivity index (χ2n) is 3.75. The Hall–Kier alpha value is -1.06. The summed E-state index contributed by atoms with van der Waals surface area (Å²) in [5.41, 5.74) is 0. The molecular formula is C11H21N3O. The van der Waals surface area contributed by atoms with Gasteiger partial charge in [0.25, 0.3) is 5.90 Å². The van der Waals surface area contributed by atoms with Gasteiger partial charge in [-0.15, -0.1) is 0 Å². The van der Waals surface area contributed by atoms with Crippen molar-refractivity contribution in [1.29, 1.82) is 0 Å². The van der Waals surface area contributed by atoms with Gasteiger partial charge in [-0.2, -0.15) is 0 Å². The predicted molar refractivity (Wildman–Crippen MR) is 63.7 cm³/mol. The number of amidine groups is 1. The first-order chi connectivity index (χ1) is 7.31. The summed E-state index contributed by atoms with van der Waals surface area (Å²) >= 11 is 0. The first-order valence-electron chi connectivity index (χ1n) is 5.58. The molecule has 1 rings (SSSR count). The minimum Gasteiger partial charge on any atom is -0.479 e. The molecule has 0 bridgehead atoms. The third-order valence-electron chi connectivity index (χ3n) is 2.73. The largest absolute Gasteiger partial charge is 0.479 e. The molecule has 0 spiro atoms. The fraction of sp³-hybridized carbons (Fsp3) is 0.818. The van der Waals surface area contributed by atoms with Gasteiger partial charge < -0.3 is 10.1 Å². The molecule has 0 heterocycles. The molecule has 0 amide bonds. The Morgan fingerprint density at radius 2 is 1.93 bits per heavy atom. The summed E-state index contributed by atoms with van der Waals surface area (Å²) in [5.74, 6) is 1.36. The van der Waals surface area contributed by atoms with Crippen molar-refractivity contribution < 1.29 is 4.74 Å². The summed E-state index contributed by atoms with van der Waals surface area (Å²) in [6.45, 7) is 0. The first-order valence-corrected chi connectivity index (χ1v) is 5.58. The fourth-order valence-corrected chi connectivity index (χ4v) is 1.90. The number of methoxy groups -OCH3 is 1. The predicted octanol–water partition coefficient (Wildman–Crippen LogP) is 1.61. The Labute approximate surface area is 91.8 Å². The van der Waals surface area contributed by atoms with E-state index in [1.54, 1.807) is 14.2 Å². The molecule has 1 N–H and O–H groups in total. The lowest BCUT2D eigenvalue weighted by molar-refractivity contribution is 0.388. The summed E-state index contributed by atoms with van der Waals surface area (Å²) in [4.78, 5) is 8.69.